The second kappa shape index (κ2) is 7.57. The molecule has 0 aliphatic rings. The first-order valence-corrected chi connectivity index (χ1v) is 11.4. The Balaban J connectivity index is 1.44. The number of pyridine rings is 2. The largest absolute Gasteiger partial charge is 0.506 e. The van der Waals surface area contributed by atoms with Crippen LogP contribution in [0.2, 0.25) is 0 Å². The maximum atomic E-state index is 10.2. The van der Waals surface area contributed by atoms with Crippen molar-refractivity contribution < 1.29 is 9.84 Å². The summed E-state index contributed by atoms with van der Waals surface area (Å²) in [5, 5.41) is 15.5. The molecular weight excluding hydrogens is 434 g/mol. The average molecular weight is 454 g/mol. The van der Waals surface area contributed by atoms with Crippen molar-refractivity contribution in [3.8, 4) is 23.2 Å². The number of aromatic hydroxyl groups is 1. The van der Waals surface area contributed by atoms with Gasteiger partial charge < -0.3 is 9.84 Å². The van der Waals surface area contributed by atoms with Gasteiger partial charge in [-0.25, -0.2) is 9.97 Å². The fourth-order valence-electron chi connectivity index (χ4n) is 4.82. The summed E-state index contributed by atoms with van der Waals surface area (Å²) in [4.78, 5) is 9.31. The van der Waals surface area contributed by atoms with E-state index in [-0.39, 0.29) is 5.75 Å². The van der Waals surface area contributed by atoms with Crippen LogP contribution in [0.4, 0.5) is 0 Å². The number of ether oxygens (including phenoxy) is 1. The van der Waals surface area contributed by atoms with Gasteiger partial charge in [0.1, 0.15) is 22.8 Å². The van der Waals surface area contributed by atoms with Crippen LogP contribution in [0.15, 0.2) is 109 Å². The van der Waals surface area contributed by atoms with E-state index < -0.39 is 0 Å². The molecule has 5 heteroatoms. The monoisotopic (exact) mass is 453 g/mol. The second-order valence-electron chi connectivity index (χ2n) is 8.49. The minimum absolute atomic E-state index is 0.130. The summed E-state index contributed by atoms with van der Waals surface area (Å²) < 4.78 is 8.36. The first-order valence-electron chi connectivity index (χ1n) is 11.4. The van der Waals surface area contributed by atoms with Gasteiger partial charge in [0.2, 0.25) is 5.88 Å². The van der Waals surface area contributed by atoms with Crippen LogP contribution in [0.1, 0.15) is 0 Å². The van der Waals surface area contributed by atoms with E-state index in [1.165, 1.54) is 0 Å². The molecule has 7 rings (SSSR count). The van der Waals surface area contributed by atoms with Gasteiger partial charge in [-0.2, -0.15) is 0 Å². The third-order valence-corrected chi connectivity index (χ3v) is 6.41. The Labute approximate surface area is 200 Å². The fourth-order valence-corrected chi connectivity index (χ4v) is 4.82. The van der Waals surface area contributed by atoms with Crippen LogP contribution in [0.5, 0.6) is 17.4 Å². The van der Waals surface area contributed by atoms with Crippen molar-refractivity contribution in [2.24, 2.45) is 0 Å². The van der Waals surface area contributed by atoms with Gasteiger partial charge in [-0.15, -0.1) is 0 Å². The lowest BCUT2D eigenvalue weighted by Gasteiger charge is -2.11. The zero-order valence-corrected chi connectivity index (χ0v) is 18.6. The molecule has 0 bridgehead atoms. The first kappa shape index (κ1) is 19.6. The summed E-state index contributed by atoms with van der Waals surface area (Å²) >= 11 is 0. The van der Waals surface area contributed by atoms with Crippen molar-refractivity contribution >= 4 is 43.5 Å². The van der Waals surface area contributed by atoms with Crippen LogP contribution >= 0.6 is 0 Å². The Morgan fingerprint density at radius 3 is 2.40 bits per heavy atom. The molecule has 5 nitrogen and oxygen atoms in total. The number of hydrogen-bond donors (Lipinski definition) is 1. The van der Waals surface area contributed by atoms with Crippen molar-refractivity contribution in [3.05, 3.63) is 109 Å². The molecule has 35 heavy (non-hydrogen) atoms. The predicted molar refractivity (Wildman–Crippen MR) is 140 cm³/mol. The maximum Gasteiger partial charge on any atom is 0.219 e. The molecule has 1 N–H and O–H groups in total. The van der Waals surface area contributed by atoms with Crippen LogP contribution in [0.3, 0.4) is 0 Å². The summed E-state index contributed by atoms with van der Waals surface area (Å²) in [7, 11) is 0. The molecular formula is C30H19N3O2. The van der Waals surface area contributed by atoms with Gasteiger partial charge in [-0.1, -0.05) is 54.6 Å². The number of phenols is 1. The Kier molecular flexibility index (Phi) is 4.23. The van der Waals surface area contributed by atoms with Gasteiger partial charge >= 0.3 is 0 Å². The predicted octanol–water partition coefficient (Wildman–Crippen LogP) is 7.38. The average Bonchev–Trinajstić information content (AvgIpc) is 3.22. The number of benzene rings is 4. The van der Waals surface area contributed by atoms with E-state index in [0.29, 0.717) is 17.1 Å². The van der Waals surface area contributed by atoms with Crippen molar-refractivity contribution in [2.45, 2.75) is 0 Å². The maximum absolute atomic E-state index is 10.2. The number of aromatic nitrogens is 3. The Hall–Kier alpha value is -4.90. The molecule has 4 aromatic carbocycles. The standard InChI is InChI=1S/C30H19N3O2/c34-27-11-5-7-20-12-15-28(32-29(20)27)35-21-13-14-24-23-9-3-4-10-25(23)33(26(24)18-21)30-22-8-2-1-6-19(22)16-17-31-30/h1-18,34H. The molecule has 0 amide bonds. The van der Waals surface area contributed by atoms with Crippen molar-refractivity contribution in [3.63, 3.8) is 0 Å². The van der Waals surface area contributed by atoms with Gasteiger partial charge in [0.05, 0.1) is 11.0 Å². The molecule has 0 fully saturated rings. The minimum atomic E-state index is 0.130. The van der Waals surface area contributed by atoms with Crippen LogP contribution in [0.25, 0.3) is 49.3 Å². The quantitative estimate of drug-likeness (QED) is 0.303. The number of hydrogen-bond acceptors (Lipinski definition) is 4. The number of para-hydroxylation sites is 2. The lowest BCUT2D eigenvalue weighted by molar-refractivity contribution is 0.460. The third kappa shape index (κ3) is 3.09. The molecule has 166 valence electrons. The molecule has 0 aliphatic heterocycles. The van der Waals surface area contributed by atoms with Crippen LogP contribution in [-0.4, -0.2) is 19.6 Å². The molecule has 3 aromatic heterocycles. The first-order chi connectivity index (χ1) is 17.3. The van der Waals surface area contributed by atoms with E-state index in [0.717, 1.165) is 43.8 Å². The van der Waals surface area contributed by atoms with Crippen LogP contribution < -0.4 is 4.74 Å². The van der Waals surface area contributed by atoms with Gasteiger partial charge in [0.15, 0.2) is 0 Å². The highest BCUT2D eigenvalue weighted by Crippen LogP contribution is 2.36. The molecule has 0 unspecified atom stereocenters. The SMILES string of the molecule is Oc1cccc2ccc(Oc3ccc4c5ccccc5n(-c5nccc6ccccc56)c4c3)nc12. The van der Waals surface area contributed by atoms with Crippen molar-refractivity contribution in [1.82, 2.24) is 14.5 Å². The third-order valence-electron chi connectivity index (χ3n) is 6.41. The molecule has 0 spiro atoms. The summed E-state index contributed by atoms with van der Waals surface area (Å²) in [6.45, 7) is 0. The van der Waals surface area contributed by atoms with E-state index in [2.05, 4.69) is 45.9 Å². The number of fused-ring (bicyclic) bond motifs is 5. The van der Waals surface area contributed by atoms with Gasteiger partial charge in [0, 0.05) is 39.9 Å². The molecule has 7 aromatic rings. The highest BCUT2D eigenvalue weighted by atomic mass is 16.5. The number of phenolic OH excluding ortho intramolecular Hbond substituents is 1. The summed E-state index contributed by atoms with van der Waals surface area (Å²) in [6.07, 6.45) is 1.85. The topological polar surface area (TPSA) is 60.2 Å². The van der Waals surface area contributed by atoms with E-state index in [9.17, 15) is 5.11 Å². The minimum Gasteiger partial charge on any atom is -0.506 e. The summed E-state index contributed by atoms with van der Waals surface area (Å²) in [5.74, 6) is 2.08. The Morgan fingerprint density at radius 1 is 0.657 bits per heavy atom. The summed E-state index contributed by atoms with van der Waals surface area (Å²) in [6, 6.07) is 33.8. The van der Waals surface area contributed by atoms with Crippen LogP contribution in [-0.2, 0) is 0 Å². The molecule has 0 atom stereocenters. The molecule has 0 saturated carbocycles. The Bertz CT molecular complexity index is 1900. The highest BCUT2D eigenvalue weighted by molar-refractivity contribution is 6.10. The van der Waals surface area contributed by atoms with E-state index in [4.69, 9.17) is 9.72 Å². The molecule has 0 radical (unpaired) electrons. The second-order valence-corrected chi connectivity index (χ2v) is 8.49. The van der Waals surface area contributed by atoms with Gasteiger partial charge in [0.25, 0.3) is 0 Å². The fraction of sp³-hybridized carbons (Fsp3) is 0. The highest BCUT2D eigenvalue weighted by Gasteiger charge is 2.16. The van der Waals surface area contributed by atoms with E-state index in [1.807, 2.05) is 60.8 Å². The lowest BCUT2D eigenvalue weighted by Crippen LogP contribution is -1.98. The summed E-state index contributed by atoms with van der Waals surface area (Å²) in [5.41, 5.74) is 2.59. The molecule has 0 aliphatic carbocycles. The van der Waals surface area contributed by atoms with E-state index >= 15 is 0 Å². The lowest BCUT2D eigenvalue weighted by atomic mass is 10.1. The smallest absolute Gasteiger partial charge is 0.219 e. The molecule has 3 heterocycles. The number of nitrogens with zero attached hydrogens (tertiary/aromatic N) is 3. The number of rotatable bonds is 3. The van der Waals surface area contributed by atoms with Crippen molar-refractivity contribution in [1.29, 1.82) is 0 Å². The molecule has 0 saturated heterocycles. The van der Waals surface area contributed by atoms with Crippen molar-refractivity contribution in [2.75, 3.05) is 0 Å². The van der Waals surface area contributed by atoms with Crippen LogP contribution in [0, 0.1) is 0 Å². The normalized spacial score (nSPS) is 11.5. The van der Waals surface area contributed by atoms with Gasteiger partial charge in [-0.3, -0.25) is 4.57 Å². The van der Waals surface area contributed by atoms with Gasteiger partial charge in [-0.05, 0) is 41.8 Å². The zero-order chi connectivity index (χ0) is 23.4. The van der Waals surface area contributed by atoms with E-state index in [1.54, 1.807) is 12.1 Å². The Morgan fingerprint density at radius 2 is 1.46 bits per heavy atom. The zero-order valence-electron chi connectivity index (χ0n) is 18.6.